The van der Waals surface area contributed by atoms with Crippen LogP contribution < -0.4 is 5.32 Å². The molecule has 23 heavy (non-hydrogen) atoms. The van der Waals surface area contributed by atoms with Gasteiger partial charge in [0.25, 0.3) is 0 Å². The number of aromatic nitrogens is 3. The fourth-order valence-electron chi connectivity index (χ4n) is 2.27. The smallest absolute Gasteiger partial charge is 0.244 e. The maximum absolute atomic E-state index is 11.9. The number of aryl methyl sites for hydroxylation is 1. The van der Waals surface area contributed by atoms with Gasteiger partial charge in [0, 0.05) is 12.3 Å². The van der Waals surface area contributed by atoms with Crippen LogP contribution in [-0.2, 0) is 17.8 Å². The predicted molar refractivity (Wildman–Crippen MR) is 89.7 cm³/mol. The summed E-state index contributed by atoms with van der Waals surface area (Å²) in [6.45, 7) is 2.45. The number of nitrogens with one attached hydrogen (secondary N) is 1. The fraction of sp³-hybridized carbons (Fsp3) is 0.167. The highest BCUT2D eigenvalue weighted by atomic mass is 16.1. The molecule has 5 nitrogen and oxygen atoms in total. The number of hydrogen-bond acceptors (Lipinski definition) is 3. The molecule has 0 saturated heterocycles. The van der Waals surface area contributed by atoms with Crippen molar-refractivity contribution in [3.63, 3.8) is 0 Å². The molecule has 0 atom stereocenters. The first-order valence-corrected chi connectivity index (χ1v) is 7.60. The third-order valence-corrected chi connectivity index (χ3v) is 3.62. The summed E-state index contributed by atoms with van der Waals surface area (Å²) in [4.78, 5) is 11.9. The van der Waals surface area contributed by atoms with E-state index in [2.05, 4.69) is 34.6 Å². The third kappa shape index (κ3) is 3.63. The van der Waals surface area contributed by atoms with Crippen LogP contribution in [0, 0.1) is 0 Å². The number of carbonyl (C=O) groups excluding carboxylic acids is 1. The average molecular weight is 306 g/mol. The van der Waals surface area contributed by atoms with Crippen LogP contribution in [0.15, 0.2) is 54.7 Å². The Hall–Kier alpha value is -2.95. The van der Waals surface area contributed by atoms with E-state index in [0.29, 0.717) is 12.4 Å². The Morgan fingerprint density at radius 2 is 2.00 bits per heavy atom. The van der Waals surface area contributed by atoms with Crippen molar-refractivity contribution in [2.45, 2.75) is 19.9 Å². The van der Waals surface area contributed by atoms with Gasteiger partial charge in [-0.05, 0) is 35.8 Å². The van der Waals surface area contributed by atoms with Gasteiger partial charge in [-0.25, -0.2) is 0 Å². The summed E-state index contributed by atoms with van der Waals surface area (Å²) in [5.74, 6) is 0.548. The molecule has 0 aliphatic rings. The standard InChI is InChI=1S/C18H18N4O/c1-2-14-6-8-15(9-7-14)10-11-18(23)19-13-17-21-20-16-5-3-4-12-22(16)17/h3-12H,2,13H2,1H3,(H,19,23). The zero-order chi connectivity index (χ0) is 16.1. The van der Waals surface area contributed by atoms with E-state index in [1.54, 1.807) is 6.08 Å². The third-order valence-electron chi connectivity index (χ3n) is 3.62. The number of benzene rings is 1. The molecule has 0 aliphatic heterocycles. The number of carbonyl (C=O) groups is 1. The topological polar surface area (TPSA) is 59.3 Å². The maximum Gasteiger partial charge on any atom is 0.244 e. The van der Waals surface area contributed by atoms with Gasteiger partial charge in [0.2, 0.25) is 5.91 Å². The summed E-state index contributed by atoms with van der Waals surface area (Å²) in [5, 5.41) is 10.9. The van der Waals surface area contributed by atoms with Crippen LogP contribution in [0.3, 0.4) is 0 Å². The van der Waals surface area contributed by atoms with Crippen molar-refractivity contribution in [2.24, 2.45) is 0 Å². The highest BCUT2D eigenvalue weighted by Crippen LogP contribution is 2.07. The number of fused-ring (bicyclic) bond motifs is 1. The quantitative estimate of drug-likeness (QED) is 0.737. The summed E-state index contributed by atoms with van der Waals surface area (Å²) in [6.07, 6.45) is 6.22. The van der Waals surface area contributed by atoms with Crippen molar-refractivity contribution in [2.75, 3.05) is 0 Å². The van der Waals surface area contributed by atoms with Gasteiger partial charge in [-0.1, -0.05) is 37.3 Å². The van der Waals surface area contributed by atoms with Gasteiger partial charge in [0.15, 0.2) is 11.5 Å². The molecule has 2 aromatic heterocycles. The predicted octanol–water partition coefficient (Wildman–Crippen LogP) is 2.62. The highest BCUT2D eigenvalue weighted by Gasteiger charge is 2.05. The highest BCUT2D eigenvalue weighted by molar-refractivity contribution is 5.91. The second-order valence-corrected chi connectivity index (χ2v) is 5.19. The molecule has 5 heteroatoms. The lowest BCUT2D eigenvalue weighted by Crippen LogP contribution is -2.21. The molecular formula is C18H18N4O. The summed E-state index contributed by atoms with van der Waals surface area (Å²) < 4.78 is 1.85. The molecule has 116 valence electrons. The molecule has 3 rings (SSSR count). The van der Waals surface area contributed by atoms with Gasteiger partial charge < -0.3 is 5.32 Å². The van der Waals surface area contributed by atoms with Crippen molar-refractivity contribution in [1.29, 1.82) is 0 Å². The minimum Gasteiger partial charge on any atom is -0.345 e. The largest absolute Gasteiger partial charge is 0.345 e. The van der Waals surface area contributed by atoms with Gasteiger partial charge >= 0.3 is 0 Å². The minimum atomic E-state index is -0.155. The minimum absolute atomic E-state index is 0.155. The van der Waals surface area contributed by atoms with Gasteiger partial charge in [-0.3, -0.25) is 9.20 Å². The van der Waals surface area contributed by atoms with Crippen LogP contribution in [0.2, 0.25) is 0 Å². The summed E-state index contributed by atoms with van der Waals surface area (Å²) >= 11 is 0. The number of rotatable bonds is 5. The first-order valence-electron chi connectivity index (χ1n) is 7.60. The average Bonchev–Trinajstić information content (AvgIpc) is 3.02. The van der Waals surface area contributed by atoms with Crippen molar-refractivity contribution < 1.29 is 4.79 Å². The summed E-state index contributed by atoms with van der Waals surface area (Å²) in [6, 6.07) is 13.8. The Labute approximate surface area is 134 Å². The first kappa shape index (κ1) is 15.0. The van der Waals surface area contributed by atoms with Gasteiger partial charge in [-0.15, -0.1) is 10.2 Å². The van der Waals surface area contributed by atoms with E-state index >= 15 is 0 Å². The van der Waals surface area contributed by atoms with E-state index in [1.165, 1.54) is 11.6 Å². The lowest BCUT2D eigenvalue weighted by atomic mass is 10.1. The Morgan fingerprint density at radius 1 is 1.17 bits per heavy atom. The van der Waals surface area contributed by atoms with Crippen molar-refractivity contribution in [3.8, 4) is 0 Å². The molecule has 0 bridgehead atoms. The molecule has 2 heterocycles. The van der Waals surface area contributed by atoms with Gasteiger partial charge in [0.05, 0.1) is 6.54 Å². The fourth-order valence-corrected chi connectivity index (χ4v) is 2.27. The Balaban J connectivity index is 1.59. The summed E-state index contributed by atoms with van der Waals surface area (Å²) in [7, 11) is 0. The van der Waals surface area contributed by atoms with E-state index in [-0.39, 0.29) is 5.91 Å². The number of amides is 1. The van der Waals surface area contributed by atoms with Crippen LogP contribution in [0.25, 0.3) is 11.7 Å². The van der Waals surface area contributed by atoms with E-state index in [9.17, 15) is 4.79 Å². The molecule has 3 aromatic rings. The lowest BCUT2D eigenvalue weighted by molar-refractivity contribution is -0.116. The Bertz CT molecular complexity index is 834. The van der Waals surface area contributed by atoms with Crippen molar-refractivity contribution in [1.82, 2.24) is 19.9 Å². The van der Waals surface area contributed by atoms with E-state index in [4.69, 9.17) is 0 Å². The molecule has 0 aliphatic carbocycles. The van der Waals surface area contributed by atoms with E-state index in [1.807, 2.05) is 40.9 Å². The molecule has 0 spiro atoms. The molecule has 0 saturated carbocycles. The Kier molecular flexibility index (Phi) is 4.47. The summed E-state index contributed by atoms with van der Waals surface area (Å²) in [5.41, 5.74) is 3.05. The molecular weight excluding hydrogens is 288 g/mol. The molecule has 1 N–H and O–H groups in total. The number of nitrogens with zero attached hydrogens (tertiary/aromatic N) is 3. The number of pyridine rings is 1. The maximum atomic E-state index is 11.9. The van der Waals surface area contributed by atoms with Crippen LogP contribution in [0.1, 0.15) is 23.9 Å². The second-order valence-electron chi connectivity index (χ2n) is 5.19. The normalized spacial score (nSPS) is 11.2. The molecule has 1 aromatic carbocycles. The van der Waals surface area contributed by atoms with Crippen LogP contribution >= 0.6 is 0 Å². The molecule has 0 fully saturated rings. The van der Waals surface area contributed by atoms with Crippen LogP contribution in [0.4, 0.5) is 0 Å². The van der Waals surface area contributed by atoms with Gasteiger partial charge in [-0.2, -0.15) is 0 Å². The second kappa shape index (κ2) is 6.87. The lowest BCUT2D eigenvalue weighted by Gasteiger charge is -2.01. The zero-order valence-electron chi connectivity index (χ0n) is 12.9. The van der Waals surface area contributed by atoms with Crippen molar-refractivity contribution in [3.05, 3.63) is 71.7 Å². The monoisotopic (exact) mass is 306 g/mol. The Morgan fingerprint density at radius 3 is 2.78 bits per heavy atom. The number of hydrogen-bond donors (Lipinski definition) is 1. The van der Waals surface area contributed by atoms with Crippen molar-refractivity contribution >= 4 is 17.6 Å². The van der Waals surface area contributed by atoms with E-state index in [0.717, 1.165) is 17.6 Å². The molecule has 1 amide bonds. The zero-order valence-corrected chi connectivity index (χ0v) is 12.9. The van der Waals surface area contributed by atoms with Crippen LogP contribution in [-0.4, -0.2) is 20.5 Å². The first-order chi connectivity index (χ1) is 11.3. The van der Waals surface area contributed by atoms with E-state index < -0.39 is 0 Å². The SMILES string of the molecule is CCc1ccc(C=CC(=O)NCc2nnc3ccccn23)cc1. The molecule has 0 radical (unpaired) electrons. The molecule has 0 unspecified atom stereocenters. The van der Waals surface area contributed by atoms with Crippen LogP contribution in [0.5, 0.6) is 0 Å². The van der Waals surface area contributed by atoms with Gasteiger partial charge in [0.1, 0.15) is 0 Å².